The van der Waals surface area contributed by atoms with Crippen LogP contribution in [0.25, 0.3) is 0 Å². The third-order valence-corrected chi connectivity index (χ3v) is 12.7. The fourth-order valence-corrected chi connectivity index (χ4v) is 11.2. The number of nitrogens with zero attached hydrogens (tertiary/aromatic N) is 1. The molecule has 2 aromatic rings. The Kier molecular flexibility index (Phi) is 8.48. The van der Waals surface area contributed by atoms with Crippen LogP contribution < -0.4 is 10.1 Å². The summed E-state index contributed by atoms with van der Waals surface area (Å²) in [5, 5.41) is 14.8. The smallest absolute Gasteiger partial charge is 0.326 e. The van der Waals surface area contributed by atoms with Crippen LogP contribution >= 0.6 is 0 Å². The summed E-state index contributed by atoms with van der Waals surface area (Å²) >= 11 is 0. The highest BCUT2D eigenvalue weighted by Crippen LogP contribution is 2.61. The molecule has 6 heteroatoms. The first kappa shape index (κ1) is 31.7. The van der Waals surface area contributed by atoms with Crippen molar-refractivity contribution in [2.45, 2.75) is 121 Å². The van der Waals surface area contributed by atoms with Crippen molar-refractivity contribution in [3.63, 3.8) is 0 Å². The number of amides is 1. The molecule has 8 rings (SSSR count). The highest BCUT2D eigenvalue weighted by atomic mass is 16.5. The first-order chi connectivity index (χ1) is 22.1. The highest BCUT2D eigenvalue weighted by Gasteiger charge is 2.58. The molecule has 0 unspecified atom stereocenters. The molecule has 0 radical (unpaired) electrons. The zero-order valence-corrected chi connectivity index (χ0v) is 28.3. The minimum atomic E-state index is -0.907. The molecular formula is C40H54N2O4. The standard InChI is InChI=1S/C40H54N2O4/c1-39(2,3)33-34(35(28-11-7-5-8-12-28)42(36(33)38(44)45)37(43)29-13-9-6-10-14-29)41-24-30-20-31(15-16-32(30)46-4)40-21-25-17-26(22-40)19-27(18-25)23-40/h5,7-8,11-12,15-16,20,25-27,29,33-36,41H,6,9-10,13-14,17-19,21-24H2,1-4H3,(H,44,45)/t25?,26?,27?,33-,34-,35-,36-,40?/m0/s1. The molecule has 1 aliphatic heterocycles. The zero-order chi connectivity index (χ0) is 32.2. The Morgan fingerprint density at radius 1 is 0.935 bits per heavy atom. The number of carboxylic acids is 1. The molecule has 46 heavy (non-hydrogen) atoms. The summed E-state index contributed by atoms with van der Waals surface area (Å²) in [7, 11) is 1.74. The van der Waals surface area contributed by atoms with Gasteiger partial charge in [0.15, 0.2) is 0 Å². The topological polar surface area (TPSA) is 78.9 Å². The fourth-order valence-electron chi connectivity index (χ4n) is 11.2. The number of hydrogen-bond donors (Lipinski definition) is 2. The van der Waals surface area contributed by atoms with Crippen LogP contribution in [0.15, 0.2) is 48.5 Å². The third-order valence-electron chi connectivity index (χ3n) is 12.7. The number of methoxy groups -OCH3 is 1. The van der Waals surface area contributed by atoms with Gasteiger partial charge in [0.2, 0.25) is 5.91 Å². The van der Waals surface area contributed by atoms with E-state index in [2.05, 4.69) is 56.4 Å². The first-order valence-corrected chi connectivity index (χ1v) is 18.1. The quantitative estimate of drug-likeness (QED) is 0.312. The summed E-state index contributed by atoms with van der Waals surface area (Å²) in [6.07, 6.45) is 13.1. The molecule has 0 spiro atoms. The Bertz CT molecular complexity index is 1390. The van der Waals surface area contributed by atoms with Crippen LogP contribution in [0.2, 0.25) is 0 Å². The van der Waals surface area contributed by atoms with Gasteiger partial charge in [0.05, 0.1) is 13.2 Å². The van der Waals surface area contributed by atoms with Gasteiger partial charge in [0, 0.05) is 30.0 Å². The van der Waals surface area contributed by atoms with Gasteiger partial charge in [-0.05, 0) is 97.1 Å². The van der Waals surface area contributed by atoms with Gasteiger partial charge in [-0.25, -0.2) is 4.79 Å². The second kappa shape index (κ2) is 12.3. The van der Waals surface area contributed by atoms with Gasteiger partial charge in [-0.2, -0.15) is 0 Å². The number of aliphatic carboxylic acids is 1. The lowest BCUT2D eigenvalue weighted by Crippen LogP contribution is -2.49. The van der Waals surface area contributed by atoms with E-state index in [4.69, 9.17) is 4.74 Å². The van der Waals surface area contributed by atoms with Crippen molar-refractivity contribution >= 4 is 11.9 Å². The predicted molar refractivity (Wildman–Crippen MR) is 180 cm³/mol. The lowest BCUT2D eigenvalue weighted by Gasteiger charge is -2.57. The van der Waals surface area contributed by atoms with Gasteiger partial charge in [0.25, 0.3) is 0 Å². The lowest BCUT2D eigenvalue weighted by atomic mass is 9.48. The van der Waals surface area contributed by atoms with Crippen LogP contribution in [0.4, 0.5) is 0 Å². The first-order valence-electron chi connectivity index (χ1n) is 18.1. The number of likely N-dealkylation sites (tertiary alicyclic amines) is 1. The monoisotopic (exact) mass is 626 g/mol. The molecule has 2 aromatic carbocycles. The zero-order valence-electron chi connectivity index (χ0n) is 28.3. The van der Waals surface area contributed by atoms with Crippen molar-refractivity contribution in [1.29, 1.82) is 0 Å². The van der Waals surface area contributed by atoms with Crippen molar-refractivity contribution < 1.29 is 19.4 Å². The normalized spacial score (nSPS) is 34.2. The second-order valence-corrected chi connectivity index (χ2v) is 16.7. The van der Waals surface area contributed by atoms with Crippen LogP contribution in [-0.2, 0) is 21.5 Å². The molecule has 6 aliphatic rings. The van der Waals surface area contributed by atoms with Crippen molar-refractivity contribution in [2.24, 2.45) is 35.0 Å². The van der Waals surface area contributed by atoms with Gasteiger partial charge in [-0.1, -0.05) is 82.5 Å². The van der Waals surface area contributed by atoms with Gasteiger partial charge < -0.3 is 20.1 Å². The average Bonchev–Trinajstić information content (AvgIpc) is 3.40. The number of hydrogen-bond acceptors (Lipinski definition) is 4. The maximum Gasteiger partial charge on any atom is 0.326 e. The van der Waals surface area contributed by atoms with Crippen molar-refractivity contribution in [3.05, 3.63) is 65.2 Å². The fraction of sp³-hybridized carbons (Fsp3) is 0.650. The van der Waals surface area contributed by atoms with E-state index in [1.165, 1.54) is 44.1 Å². The van der Waals surface area contributed by atoms with Crippen molar-refractivity contribution in [3.8, 4) is 5.75 Å². The molecule has 6 nitrogen and oxygen atoms in total. The van der Waals surface area contributed by atoms with E-state index in [0.29, 0.717) is 6.54 Å². The minimum absolute atomic E-state index is 0.0147. The van der Waals surface area contributed by atoms with Crippen LogP contribution in [0.5, 0.6) is 5.75 Å². The summed E-state index contributed by atoms with van der Waals surface area (Å²) < 4.78 is 5.94. The molecule has 1 amide bonds. The SMILES string of the molecule is COc1ccc(C23CC4CC(CC(C4)C2)C3)cc1CN[C@H]1[C@H](C(C)(C)C)[C@@H](C(=O)O)N(C(=O)C2CCCCC2)[C@H]1c1ccccc1. The van der Waals surface area contributed by atoms with Crippen LogP contribution in [0, 0.1) is 35.0 Å². The van der Waals surface area contributed by atoms with E-state index in [1.54, 1.807) is 12.0 Å². The summed E-state index contributed by atoms with van der Waals surface area (Å²) in [5.41, 5.74) is 3.50. The van der Waals surface area contributed by atoms with E-state index >= 15 is 0 Å². The maximum atomic E-state index is 14.5. The molecule has 0 aromatic heterocycles. The van der Waals surface area contributed by atoms with E-state index in [9.17, 15) is 14.7 Å². The lowest BCUT2D eigenvalue weighted by molar-refractivity contribution is -0.154. The van der Waals surface area contributed by atoms with E-state index < -0.39 is 12.0 Å². The molecule has 4 atom stereocenters. The van der Waals surface area contributed by atoms with Crippen molar-refractivity contribution in [1.82, 2.24) is 10.2 Å². The number of carbonyl (C=O) groups excluding carboxylic acids is 1. The number of rotatable bonds is 8. The van der Waals surface area contributed by atoms with Crippen LogP contribution in [0.3, 0.4) is 0 Å². The molecule has 4 bridgehead atoms. The van der Waals surface area contributed by atoms with Crippen molar-refractivity contribution in [2.75, 3.05) is 7.11 Å². The molecule has 2 N–H and O–H groups in total. The number of ether oxygens (including phenoxy) is 1. The maximum absolute atomic E-state index is 14.5. The summed E-state index contributed by atoms with van der Waals surface area (Å²) in [6, 6.07) is 15.5. The Hall–Kier alpha value is -2.86. The molecule has 5 aliphatic carbocycles. The second-order valence-electron chi connectivity index (χ2n) is 16.7. The number of carbonyl (C=O) groups is 2. The average molecular weight is 627 g/mol. The minimum Gasteiger partial charge on any atom is -0.496 e. The Morgan fingerprint density at radius 2 is 1.57 bits per heavy atom. The van der Waals surface area contributed by atoms with E-state index in [1.807, 2.05) is 18.2 Å². The predicted octanol–water partition coefficient (Wildman–Crippen LogP) is 7.90. The van der Waals surface area contributed by atoms with Gasteiger partial charge in [-0.3, -0.25) is 4.79 Å². The Labute approximate surface area is 275 Å². The van der Waals surface area contributed by atoms with Gasteiger partial charge in [0.1, 0.15) is 11.8 Å². The molecular weight excluding hydrogens is 572 g/mol. The summed E-state index contributed by atoms with van der Waals surface area (Å²) in [5.74, 6) is 2.18. The summed E-state index contributed by atoms with van der Waals surface area (Å²) in [4.78, 5) is 29.5. The molecule has 248 valence electrons. The van der Waals surface area contributed by atoms with E-state index in [0.717, 1.165) is 66.7 Å². The number of carboxylic acid groups (broad SMARTS) is 1. The Balaban J connectivity index is 1.25. The van der Waals surface area contributed by atoms with Crippen LogP contribution in [0.1, 0.15) is 114 Å². The highest BCUT2D eigenvalue weighted by molar-refractivity contribution is 5.87. The molecule has 1 heterocycles. The number of nitrogens with one attached hydrogen (secondary N) is 1. The largest absolute Gasteiger partial charge is 0.496 e. The summed E-state index contributed by atoms with van der Waals surface area (Å²) in [6.45, 7) is 6.95. The van der Waals surface area contributed by atoms with Gasteiger partial charge in [-0.15, -0.1) is 0 Å². The van der Waals surface area contributed by atoms with Gasteiger partial charge >= 0.3 is 5.97 Å². The Morgan fingerprint density at radius 3 is 2.13 bits per heavy atom. The van der Waals surface area contributed by atoms with E-state index in [-0.39, 0.29) is 40.7 Å². The number of benzene rings is 2. The van der Waals surface area contributed by atoms with Crippen LogP contribution in [-0.4, -0.2) is 41.1 Å². The molecule has 5 saturated carbocycles. The third kappa shape index (κ3) is 5.67. The molecule has 1 saturated heterocycles. The molecule has 6 fully saturated rings.